The molecule has 22 heavy (non-hydrogen) atoms. The van der Waals surface area contributed by atoms with E-state index in [9.17, 15) is 9.90 Å². The molecule has 0 aromatic heterocycles. The minimum Gasteiger partial charge on any atom is -0.390 e. The van der Waals surface area contributed by atoms with Crippen LogP contribution in [0.1, 0.15) is 51.4 Å². The lowest BCUT2D eigenvalue weighted by Crippen LogP contribution is -2.65. The van der Waals surface area contributed by atoms with Crippen LogP contribution in [0, 0.1) is 23.2 Å². The number of hydrogen-bond acceptors (Lipinski definition) is 4. The maximum atomic E-state index is 12.4. The summed E-state index contributed by atoms with van der Waals surface area (Å²) in [7, 11) is 0. The van der Waals surface area contributed by atoms with Crippen LogP contribution in [0.15, 0.2) is 0 Å². The lowest BCUT2D eigenvalue weighted by molar-refractivity contribution is -0.147. The monoisotopic (exact) mass is 303 g/mol. The second-order valence-corrected chi connectivity index (χ2v) is 8.19. The Morgan fingerprint density at radius 2 is 2.05 bits per heavy atom. The molecule has 0 radical (unpaired) electrons. The van der Waals surface area contributed by atoms with E-state index >= 15 is 0 Å². The van der Waals surface area contributed by atoms with Crippen molar-refractivity contribution in [1.29, 1.82) is 5.26 Å². The highest BCUT2D eigenvalue weighted by molar-refractivity contribution is 5.79. The van der Waals surface area contributed by atoms with Crippen LogP contribution in [-0.2, 0) is 4.79 Å². The molecule has 2 N–H and O–H groups in total. The molecule has 1 aliphatic heterocycles. The van der Waals surface area contributed by atoms with Crippen LogP contribution in [0.2, 0.25) is 0 Å². The zero-order valence-electron chi connectivity index (χ0n) is 13.1. The first kappa shape index (κ1) is 14.5. The molecule has 5 nitrogen and oxygen atoms in total. The molecule has 0 aromatic carbocycles. The maximum Gasteiger partial charge on any atom is 0.237 e. The van der Waals surface area contributed by atoms with Crippen molar-refractivity contribution in [2.45, 2.75) is 68.5 Å². The number of amides is 1. The van der Waals surface area contributed by atoms with E-state index < -0.39 is 5.60 Å². The summed E-state index contributed by atoms with van der Waals surface area (Å²) < 4.78 is 0. The molecular weight excluding hydrogens is 278 g/mol. The number of rotatable bonds is 3. The van der Waals surface area contributed by atoms with Gasteiger partial charge in [0.2, 0.25) is 5.91 Å². The van der Waals surface area contributed by atoms with E-state index in [1.165, 1.54) is 6.42 Å². The molecular formula is C17H25N3O2. The molecule has 4 bridgehead atoms. The largest absolute Gasteiger partial charge is 0.390 e. The highest BCUT2D eigenvalue weighted by Gasteiger charge is 2.57. The van der Waals surface area contributed by atoms with Crippen molar-refractivity contribution < 1.29 is 9.90 Å². The van der Waals surface area contributed by atoms with E-state index in [0.29, 0.717) is 24.9 Å². The van der Waals surface area contributed by atoms with E-state index in [1.807, 2.05) is 0 Å². The number of carbonyl (C=O) groups excluding carboxylic acids is 1. The van der Waals surface area contributed by atoms with Crippen LogP contribution < -0.4 is 5.32 Å². The Balaban J connectivity index is 1.41. The molecule has 5 fully saturated rings. The van der Waals surface area contributed by atoms with Gasteiger partial charge in [-0.05, 0) is 63.2 Å². The molecule has 5 rings (SSSR count). The van der Waals surface area contributed by atoms with Crippen LogP contribution in [0.3, 0.4) is 0 Å². The second kappa shape index (κ2) is 4.94. The Hall–Kier alpha value is -1.12. The fourth-order valence-electron chi connectivity index (χ4n) is 5.99. The molecule has 0 aromatic rings. The van der Waals surface area contributed by atoms with Crippen molar-refractivity contribution in [2.24, 2.45) is 11.8 Å². The molecule has 3 unspecified atom stereocenters. The number of likely N-dealkylation sites (tertiary alicyclic amines) is 1. The fourth-order valence-corrected chi connectivity index (χ4v) is 5.99. The minimum absolute atomic E-state index is 0.0453. The number of hydrogen-bond donors (Lipinski definition) is 2. The highest BCUT2D eigenvalue weighted by Crippen LogP contribution is 2.57. The molecule has 4 aliphatic carbocycles. The third-order valence-electron chi connectivity index (χ3n) is 6.37. The van der Waals surface area contributed by atoms with Crippen LogP contribution in [0.4, 0.5) is 0 Å². The van der Waals surface area contributed by atoms with Crippen LogP contribution in [-0.4, -0.2) is 46.2 Å². The summed E-state index contributed by atoms with van der Waals surface area (Å²) in [5, 5.41) is 23.4. The number of aliphatic hydroxyl groups is 1. The van der Waals surface area contributed by atoms with E-state index in [0.717, 1.165) is 44.9 Å². The van der Waals surface area contributed by atoms with Gasteiger partial charge < -0.3 is 15.3 Å². The Bertz CT molecular complexity index is 512. The third kappa shape index (κ3) is 2.33. The first-order valence-electron chi connectivity index (χ1n) is 8.67. The number of nitrogens with one attached hydrogen (secondary N) is 1. The van der Waals surface area contributed by atoms with E-state index in [2.05, 4.69) is 11.4 Å². The van der Waals surface area contributed by atoms with Gasteiger partial charge in [-0.3, -0.25) is 4.79 Å². The van der Waals surface area contributed by atoms with Crippen molar-refractivity contribution in [2.75, 3.05) is 13.1 Å². The number of nitrogens with zero attached hydrogens (tertiary/aromatic N) is 2. The highest BCUT2D eigenvalue weighted by atomic mass is 16.3. The first-order chi connectivity index (χ1) is 10.5. The molecule has 120 valence electrons. The molecule has 5 heteroatoms. The van der Waals surface area contributed by atoms with Crippen LogP contribution in [0.5, 0.6) is 0 Å². The minimum atomic E-state index is -0.497. The topological polar surface area (TPSA) is 76.4 Å². The summed E-state index contributed by atoms with van der Waals surface area (Å²) in [6.45, 7) is 1.02. The lowest BCUT2D eigenvalue weighted by atomic mass is 9.51. The van der Waals surface area contributed by atoms with Crippen molar-refractivity contribution in [1.82, 2.24) is 10.2 Å². The zero-order chi connectivity index (χ0) is 15.4. The third-order valence-corrected chi connectivity index (χ3v) is 6.37. The first-order valence-corrected chi connectivity index (χ1v) is 8.67. The molecule has 1 heterocycles. The van der Waals surface area contributed by atoms with Crippen molar-refractivity contribution in [3.63, 3.8) is 0 Å². The van der Waals surface area contributed by atoms with Gasteiger partial charge in [-0.1, -0.05) is 0 Å². The normalized spacial score (nSPS) is 46.0. The van der Waals surface area contributed by atoms with Gasteiger partial charge in [-0.25, -0.2) is 0 Å². The summed E-state index contributed by atoms with van der Waals surface area (Å²) in [4.78, 5) is 14.2. The van der Waals surface area contributed by atoms with E-state index in [-0.39, 0.29) is 17.5 Å². The fraction of sp³-hybridized carbons (Fsp3) is 0.882. The predicted molar refractivity (Wildman–Crippen MR) is 80.7 cm³/mol. The predicted octanol–water partition coefficient (Wildman–Crippen LogP) is 1.17. The Morgan fingerprint density at radius 3 is 2.68 bits per heavy atom. The van der Waals surface area contributed by atoms with Crippen LogP contribution >= 0.6 is 0 Å². The van der Waals surface area contributed by atoms with Gasteiger partial charge in [0.05, 0.1) is 18.2 Å². The molecule has 5 aliphatic rings. The standard InChI is InChI=1S/C17H25N3O2/c18-9-14-2-1-3-20(14)15(21)10-19-16-5-12-4-13(6-16)8-17(22,7-12)11-16/h12-14,19,22H,1-8,10-11H2/t12-,13?,14+,16?,17?/m1/s1. The molecule has 1 saturated heterocycles. The van der Waals surface area contributed by atoms with E-state index in [1.54, 1.807) is 4.90 Å². The Morgan fingerprint density at radius 1 is 1.32 bits per heavy atom. The molecule has 1 amide bonds. The van der Waals surface area contributed by atoms with Gasteiger partial charge in [0.25, 0.3) is 0 Å². The average Bonchev–Trinajstić information content (AvgIpc) is 2.90. The molecule has 5 atom stereocenters. The second-order valence-electron chi connectivity index (χ2n) is 8.19. The van der Waals surface area contributed by atoms with Crippen molar-refractivity contribution in [3.05, 3.63) is 0 Å². The van der Waals surface area contributed by atoms with Crippen LogP contribution in [0.25, 0.3) is 0 Å². The quantitative estimate of drug-likeness (QED) is 0.821. The molecule has 4 saturated carbocycles. The zero-order valence-corrected chi connectivity index (χ0v) is 13.1. The smallest absolute Gasteiger partial charge is 0.237 e. The van der Waals surface area contributed by atoms with E-state index in [4.69, 9.17) is 5.26 Å². The average molecular weight is 303 g/mol. The van der Waals surface area contributed by atoms with Gasteiger partial charge in [-0.2, -0.15) is 5.26 Å². The summed E-state index contributed by atoms with van der Waals surface area (Å²) in [6.07, 6.45) is 7.87. The lowest BCUT2D eigenvalue weighted by Gasteiger charge is -2.60. The van der Waals surface area contributed by atoms with Crippen molar-refractivity contribution in [3.8, 4) is 6.07 Å². The summed E-state index contributed by atoms with van der Waals surface area (Å²) in [6, 6.07) is 1.99. The van der Waals surface area contributed by atoms with Gasteiger partial charge in [0.1, 0.15) is 6.04 Å². The Kier molecular flexibility index (Phi) is 3.25. The Labute approximate surface area is 131 Å². The molecule has 0 spiro atoms. The van der Waals surface area contributed by atoms with Gasteiger partial charge in [0, 0.05) is 12.1 Å². The summed E-state index contributed by atoms with van der Waals surface area (Å²) in [5.74, 6) is 1.28. The van der Waals surface area contributed by atoms with Gasteiger partial charge in [-0.15, -0.1) is 0 Å². The van der Waals surface area contributed by atoms with Gasteiger partial charge >= 0.3 is 0 Å². The SMILES string of the molecule is N#C[C@@H]1CCCN1C(=O)CNC12CC3C[C@@H](CC(O)(C3)C1)C2. The summed E-state index contributed by atoms with van der Waals surface area (Å²) >= 11 is 0. The van der Waals surface area contributed by atoms with Gasteiger partial charge in [0.15, 0.2) is 0 Å². The maximum absolute atomic E-state index is 12.4. The summed E-state index contributed by atoms with van der Waals surface area (Å²) in [5.41, 5.74) is -0.542. The number of carbonyl (C=O) groups is 1. The van der Waals surface area contributed by atoms with Crippen molar-refractivity contribution >= 4 is 5.91 Å². The number of nitriles is 1.